The van der Waals surface area contributed by atoms with Crippen molar-refractivity contribution in [2.24, 2.45) is 0 Å². The van der Waals surface area contributed by atoms with Crippen molar-refractivity contribution in [3.63, 3.8) is 0 Å². The van der Waals surface area contributed by atoms with E-state index in [1.165, 1.54) is 44.9 Å². The monoisotopic (exact) mass is 183 g/mol. The molecule has 1 radical (unpaired) electrons. The zero-order chi connectivity index (χ0) is 9.78. The SMILES string of the molecule is [CH2]OCCCCCCCCCC=C. The van der Waals surface area contributed by atoms with Gasteiger partial charge in [0.25, 0.3) is 0 Å². The molecule has 0 aliphatic heterocycles. The molecule has 13 heavy (non-hydrogen) atoms. The molecule has 0 aromatic carbocycles. The minimum Gasteiger partial charge on any atom is -0.379 e. The van der Waals surface area contributed by atoms with Gasteiger partial charge in [0, 0.05) is 6.61 Å². The molecule has 0 saturated heterocycles. The molecule has 0 aromatic rings. The Morgan fingerprint density at radius 1 is 0.846 bits per heavy atom. The number of allylic oxidation sites excluding steroid dienone is 1. The Morgan fingerprint density at radius 2 is 1.38 bits per heavy atom. The van der Waals surface area contributed by atoms with Gasteiger partial charge in [-0.3, -0.25) is 0 Å². The van der Waals surface area contributed by atoms with Crippen LogP contribution in [0, 0.1) is 7.11 Å². The first-order valence-corrected chi connectivity index (χ1v) is 5.39. The number of rotatable bonds is 10. The molecule has 1 heteroatoms. The molecule has 0 aliphatic carbocycles. The fraction of sp³-hybridized carbons (Fsp3) is 0.750. The molecule has 0 bridgehead atoms. The van der Waals surface area contributed by atoms with E-state index >= 15 is 0 Å². The Kier molecular flexibility index (Phi) is 11.4. The van der Waals surface area contributed by atoms with Crippen LogP contribution in [-0.2, 0) is 4.74 Å². The number of hydrogen-bond donors (Lipinski definition) is 0. The van der Waals surface area contributed by atoms with Crippen LogP contribution < -0.4 is 0 Å². The van der Waals surface area contributed by atoms with Gasteiger partial charge in [0.1, 0.15) is 0 Å². The number of ether oxygens (including phenoxy) is 1. The second-order valence-corrected chi connectivity index (χ2v) is 3.46. The summed E-state index contributed by atoms with van der Waals surface area (Å²) in [6, 6.07) is 0. The van der Waals surface area contributed by atoms with Crippen LogP contribution in [0.1, 0.15) is 51.4 Å². The van der Waals surface area contributed by atoms with Gasteiger partial charge < -0.3 is 4.74 Å². The Labute approximate surface area is 83.2 Å². The lowest BCUT2D eigenvalue weighted by atomic mass is 10.1. The third-order valence-corrected chi connectivity index (χ3v) is 2.20. The van der Waals surface area contributed by atoms with Crippen LogP contribution >= 0.6 is 0 Å². The van der Waals surface area contributed by atoms with E-state index in [2.05, 4.69) is 13.7 Å². The van der Waals surface area contributed by atoms with Crippen molar-refractivity contribution in [2.75, 3.05) is 6.61 Å². The van der Waals surface area contributed by atoms with Gasteiger partial charge >= 0.3 is 0 Å². The highest BCUT2D eigenvalue weighted by atomic mass is 16.5. The minimum atomic E-state index is 0.816. The summed E-state index contributed by atoms with van der Waals surface area (Å²) in [4.78, 5) is 0. The Balaban J connectivity index is 2.79. The van der Waals surface area contributed by atoms with E-state index in [1.807, 2.05) is 6.08 Å². The highest BCUT2D eigenvalue weighted by molar-refractivity contribution is 4.65. The van der Waals surface area contributed by atoms with Gasteiger partial charge in [-0.25, -0.2) is 0 Å². The quantitative estimate of drug-likeness (QED) is 0.366. The zero-order valence-corrected chi connectivity index (χ0v) is 8.76. The van der Waals surface area contributed by atoms with Gasteiger partial charge in [-0.2, -0.15) is 0 Å². The largest absolute Gasteiger partial charge is 0.379 e. The van der Waals surface area contributed by atoms with Crippen molar-refractivity contribution in [1.82, 2.24) is 0 Å². The van der Waals surface area contributed by atoms with Gasteiger partial charge in [-0.05, 0) is 19.3 Å². The normalized spacial score (nSPS) is 10.2. The second-order valence-electron chi connectivity index (χ2n) is 3.46. The second kappa shape index (κ2) is 11.7. The van der Waals surface area contributed by atoms with E-state index in [1.54, 1.807) is 0 Å². The maximum absolute atomic E-state index is 4.74. The summed E-state index contributed by atoms with van der Waals surface area (Å²) in [5, 5.41) is 0. The van der Waals surface area contributed by atoms with E-state index in [-0.39, 0.29) is 0 Å². The third-order valence-electron chi connectivity index (χ3n) is 2.20. The molecule has 0 aromatic heterocycles. The van der Waals surface area contributed by atoms with Crippen molar-refractivity contribution in [1.29, 1.82) is 0 Å². The average molecular weight is 183 g/mol. The molecule has 0 rings (SSSR count). The Bertz CT molecular complexity index is 99.3. The number of unbranched alkanes of at least 4 members (excludes halogenated alkanes) is 7. The molecule has 0 spiro atoms. The van der Waals surface area contributed by atoms with E-state index in [0.717, 1.165) is 13.0 Å². The first kappa shape index (κ1) is 12.7. The van der Waals surface area contributed by atoms with Gasteiger partial charge in [0.2, 0.25) is 0 Å². The highest BCUT2D eigenvalue weighted by Crippen LogP contribution is 2.08. The van der Waals surface area contributed by atoms with Crippen LogP contribution in [0.3, 0.4) is 0 Å². The van der Waals surface area contributed by atoms with Crippen molar-refractivity contribution in [3.05, 3.63) is 19.8 Å². The summed E-state index contributed by atoms with van der Waals surface area (Å²) < 4.78 is 4.74. The van der Waals surface area contributed by atoms with Crippen LogP contribution in [-0.4, -0.2) is 6.61 Å². The van der Waals surface area contributed by atoms with Gasteiger partial charge in [-0.15, -0.1) is 6.58 Å². The van der Waals surface area contributed by atoms with Crippen LogP contribution in [0.4, 0.5) is 0 Å². The predicted molar refractivity (Wildman–Crippen MR) is 58.4 cm³/mol. The van der Waals surface area contributed by atoms with Crippen LogP contribution in [0.15, 0.2) is 12.7 Å². The molecule has 0 aliphatic rings. The molecule has 0 N–H and O–H groups in total. The maximum atomic E-state index is 4.74. The summed E-state index contributed by atoms with van der Waals surface area (Å²) in [5.41, 5.74) is 0. The summed E-state index contributed by atoms with van der Waals surface area (Å²) in [6.45, 7) is 4.52. The van der Waals surface area contributed by atoms with E-state index in [9.17, 15) is 0 Å². The van der Waals surface area contributed by atoms with Crippen LogP contribution in [0.25, 0.3) is 0 Å². The van der Waals surface area contributed by atoms with Crippen LogP contribution in [0.5, 0.6) is 0 Å². The molecular formula is C12H23O. The summed E-state index contributed by atoms with van der Waals surface area (Å²) >= 11 is 0. The molecule has 1 nitrogen and oxygen atoms in total. The van der Waals surface area contributed by atoms with Crippen molar-refractivity contribution in [2.45, 2.75) is 51.4 Å². The van der Waals surface area contributed by atoms with E-state index < -0.39 is 0 Å². The Morgan fingerprint density at radius 3 is 1.92 bits per heavy atom. The molecule has 77 valence electrons. The fourth-order valence-electron chi connectivity index (χ4n) is 1.38. The molecule has 0 unspecified atom stereocenters. The smallest absolute Gasteiger partial charge is 0.0700 e. The summed E-state index contributed by atoms with van der Waals surface area (Å²) in [7, 11) is 3.34. The molecule has 0 heterocycles. The summed E-state index contributed by atoms with van der Waals surface area (Å²) in [6.07, 6.45) is 12.4. The van der Waals surface area contributed by atoms with Crippen molar-refractivity contribution in [3.8, 4) is 0 Å². The first-order chi connectivity index (χ1) is 6.41. The zero-order valence-electron chi connectivity index (χ0n) is 8.76. The molecule has 0 atom stereocenters. The van der Waals surface area contributed by atoms with E-state index in [0.29, 0.717) is 0 Å². The first-order valence-electron chi connectivity index (χ1n) is 5.39. The fourth-order valence-corrected chi connectivity index (χ4v) is 1.38. The van der Waals surface area contributed by atoms with E-state index in [4.69, 9.17) is 4.74 Å². The number of hydrogen-bond acceptors (Lipinski definition) is 1. The third kappa shape index (κ3) is 11.7. The predicted octanol–water partition coefficient (Wildman–Crippen LogP) is 4.10. The molecule has 0 fully saturated rings. The van der Waals surface area contributed by atoms with Crippen molar-refractivity contribution >= 4 is 0 Å². The maximum Gasteiger partial charge on any atom is 0.0700 e. The van der Waals surface area contributed by atoms with Gasteiger partial charge in [0.05, 0.1) is 7.11 Å². The van der Waals surface area contributed by atoms with Gasteiger partial charge in [-0.1, -0.05) is 38.2 Å². The lowest BCUT2D eigenvalue weighted by Crippen LogP contribution is -1.86. The molecule has 0 amide bonds. The molecule has 0 saturated carbocycles. The topological polar surface area (TPSA) is 9.23 Å². The average Bonchev–Trinajstić information content (AvgIpc) is 2.16. The standard InChI is InChI=1S/C12H23O/c1-3-4-5-6-7-8-9-10-11-12-13-2/h3H,1-2,4-12H2. The minimum absolute atomic E-state index is 0.816. The van der Waals surface area contributed by atoms with Crippen LogP contribution in [0.2, 0.25) is 0 Å². The van der Waals surface area contributed by atoms with Crippen molar-refractivity contribution < 1.29 is 4.74 Å². The lowest BCUT2D eigenvalue weighted by Gasteiger charge is -2.00. The lowest BCUT2D eigenvalue weighted by molar-refractivity contribution is 0.233. The highest BCUT2D eigenvalue weighted by Gasteiger charge is 1.90. The Hall–Kier alpha value is -0.300. The summed E-state index contributed by atoms with van der Waals surface area (Å²) in [5.74, 6) is 0. The van der Waals surface area contributed by atoms with Gasteiger partial charge in [0.15, 0.2) is 0 Å². The molecular weight excluding hydrogens is 160 g/mol.